The van der Waals surface area contributed by atoms with E-state index >= 15 is 0 Å². The number of aromatic nitrogens is 2. The second kappa shape index (κ2) is 7.41. The molecule has 0 unspecified atom stereocenters. The lowest BCUT2D eigenvalue weighted by molar-refractivity contribution is 0.195. The van der Waals surface area contributed by atoms with E-state index in [1.54, 1.807) is 0 Å². The number of carbonyl (C=O) groups excluding carboxylic acids is 1. The minimum absolute atomic E-state index is 0.0224. The van der Waals surface area contributed by atoms with Crippen molar-refractivity contribution in [3.63, 3.8) is 0 Å². The van der Waals surface area contributed by atoms with Gasteiger partial charge in [-0.2, -0.15) is 4.37 Å². The van der Waals surface area contributed by atoms with Gasteiger partial charge in [0.2, 0.25) is 5.13 Å². The van der Waals surface area contributed by atoms with E-state index in [1.807, 2.05) is 30.0 Å². The van der Waals surface area contributed by atoms with Gasteiger partial charge in [0, 0.05) is 50.7 Å². The van der Waals surface area contributed by atoms with Crippen LogP contribution in [0.15, 0.2) is 30.3 Å². The molecule has 0 bridgehead atoms. The van der Waals surface area contributed by atoms with Gasteiger partial charge in [-0.1, -0.05) is 30.3 Å². The van der Waals surface area contributed by atoms with Gasteiger partial charge in [-0.25, -0.2) is 9.78 Å². The Morgan fingerprint density at radius 3 is 2.65 bits per heavy atom. The monoisotopic (exact) mass is 331 g/mol. The number of anilines is 1. The Morgan fingerprint density at radius 2 is 1.96 bits per heavy atom. The molecular formula is C16H21N5OS. The lowest BCUT2D eigenvalue weighted by atomic mass is 10.1. The molecule has 1 aromatic carbocycles. The van der Waals surface area contributed by atoms with E-state index in [2.05, 4.69) is 31.7 Å². The van der Waals surface area contributed by atoms with Crippen LogP contribution in [-0.4, -0.2) is 53.0 Å². The van der Waals surface area contributed by atoms with E-state index in [1.165, 1.54) is 17.1 Å². The lowest BCUT2D eigenvalue weighted by Crippen LogP contribution is -2.51. The summed E-state index contributed by atoms with van der Waals surface area (Å²) >= 11 is 1.44. The summed E-state index contributed by atoms with van der Waals surface area (Å²) in [7, 11) is 0. The van der Waals surface area contributed by atoms with Crippen molar-refractivity contribution in [3.8, 4) is 0 Å². The fraction of sp³-hybridized carbons (Fsp3) is 0.438. The summed E-state index contributed by atoms with van der Waals surface area (Å²) in [6.45, 7) is 5.65. The summed E-state index contributed by atoms with van der Waals surface area (Å²) in [4.78, 5) is 20.5. The van der Waals surface area contributed by atoms with Crippen LogP contribution in [0.2, 0.25) is 0 Å². The number of hydrogen-bond acceptors (Lipinski definition) is 5. The van der Waals surface area contributed by atoms with Gasteiger partial charge in [-0.15, -0.1) is 0 Å². The zero-order chi connectivity index (χ0) is 16.1. The van der Waals surface area contributed by atoms with E-state index in [0.717, 1.165) is 43.6 Å². The first-order valence-corrected chi connectivity index (χ1v) is 8.68. The molecule has 1 N–H and O–H groups in total. The Balaban J connectivity index is 1.56. The molecule has 0 aliphatic carbocycles. The fourth-order valence-electron chi connectivity index (χ4n) is 2.59. The van der Waals surface area contributed by atoms with E-state index < -0.39 is 0 Å². The minimum atomic E-state index is 0.0224. The average molecular weight is 331 g/mol. The topological polar surface area (TPSA) is 61.4 Å². The highest BCUT2D eigenvalue weighted by atomic mass is 32.1. The van der Waals surface area contributed by atoms with E-state index in [-0.39, 0.29) is 6.03 Å². The van der Waals surface area contributed by atoms with Gasteiger partial charge < -0.3 is 15.1 Å². The Labute approximate surface area is 140 Å². The molecule has 122 valence electrons. The molecule has 1 aromatic heterocycles. The molecular weight excluding hydrogens is 310 g/mol. The van der Waals surface area contributed by atoms with E-state index in [9.17, 15) is 4.79 Å². The maximum atomic E-state index is 11.8. The molecule has 0 saturated carbocycles. The molecule has 1 aliphatic rings. The number of nitrogens with zero attached hydrogens (tertiary/aromatic N) is 4. The Hall–Kier alpha value is -2.15. The molecule has 7 heteroatoms. The van der Waals surface area contributed by atoms with Crippen LogP contribution in [0.3, 0.4) is 0 Å². The van der Waals surface area contributed by atoms with E-state index in [4.69, 9.17) is 0 Å². The summed E-state index contributed by atoms with van der Waals surface area (Å²) in [6.07, 6.45) is 0.760. The zero-order valence-electron chi connectivity index (χ0n) is 13.2. The van der Waals surface area contributed by atoms with Crippen molar-refractivity contribution >= 4 is 22.7 Å². The number of amides is 2. The Kier molecular flexibility index (Phi) is 5.07. The molecule has 23 heavy (non-hydrogen) atoms. The van der Waals surface area contributed by atoms with Crippen LogP contribution in [-0.2, 0) is 6.42 Å². The van der Waals surface area contributed by atoms with Gasteiger partial charge in [0.1, 0.15) is 5.82 Å². The van der Waals surface area contributed by atoms with Gasteiger partial charge >= 0.3 is 6.03 Å². The van der Waals surface area contributed by atoms with Crippen molar-refractivity contribution in [3.05, 3.63) is 41.7 Å². The number of rotatable bonds is 4. The third-order valence-electron chi connectivity index (χ3n) is 3.83. The first kappa shape index (κ1) is 15.7. The molecule has 2 heterocycles. The number of urea groups is 1. The molecule has 6 nitrogen and oxygen atoms in total. The smallest absolute Gasteiger partial charge is 0.317 e. The van der Waals surface area contributed by atoms with Gasteiger partial charge in [0.25, 0.3) is 0 Å². The third-order valence-corrected chi connectivity index (χ3v) is 4.64. The predicted molar refractivity (Wildman–Crippen MR) is 92.0 cm³/mol. The predicted octanol–water partition coefficient (Wildman–Crippen LogP) is 1.98. The number of carbonyl (C=O) groups is 1. The van der Waals surface area contributed by atoms with Crippen molar-refractivity contribution < 1.29 is 4.79 Å². The summed E-state index contributed by atoms with van der Waals surface area (Å²) in [6, 6.07) is 10.3. The number of piperazine rings is 1. The van der Waals surface area contributed by atoms with Crippen molar-refractivity contribution in [2.45, 2.75) is 13.3 Å². The SMILES string of the molecule is CCNC(=O)N1CCN(c2nc(Cc3ccccc3)ns2)CC1. The maximum absolute atomic E-state index is 11.8. The first-order chi connectivity index (χ1) is 11.3. The quantitative estimate of drug-likeness (QED) is 0.931. The highest BCUT2D eigenvalue weighted by Crippen LogP contribution is 2.20. The van der Waals surface area contributed by atoms with Crippen LogP contribution in [0.25, 0.3) is 0 Å². The van der Waals surface area contributed by atoms with Gasteiger partial charge in [0.05, 0.1) is 0 Å². The second-order valence-corrected chi connectivity index (χ2v) is 6.20. The van der Waals surface area contributed by atoms with Crippen LogP contribution in [0, 0.1) is 0 Å². The highest BCUT2D eigenvalue weighted by Gasteiger charge is 2.22. The zero-order valence-corrected chi connectivity index (χ0v) is 14.1. The molecule has 3 rings (SSSR count). The lowest BCUT2D eigenvalue weighted by Gasteiger charge is -2.34. The number of hydrogen-bond donors (Lipinski definition) is 1. The van der Waals surface area contributed by atoms with Crippen molar-refractivity contribution in [2.24, 2.45) is 0 Å². The minimum Gasteiger partial charge on any atom is -0.343 e. The maximum Gasteiger partial charge on any atom is 0.317 e. The summed E-state index contributed by atoms with van der Waals surface area (Å²) < 4.78 is 4.47. The van der Waals surface area contributed by atoms with Crippen LogP contribution >= 0.6 is 11.5 Å². The number of nitrogens with one attached hydrogen (secondary N) is 1. The molecule has 1 saturated heterocycles. The summed E-state index contributed by atoms with van der Waals surface area (Å²) in [5.41, 5.74) is 1.22. The average Bonchev–Trinajstić information content (AvgIpc) is 3.05. The Bertz CT molecular complexity index is 637. The van der Waals surface area contributed by atoms with Crippen LogP contribution in [0.4, 0.5) is 9.93 Å². The van der Waals surface area contributed by atoms with Crippen molar-refractivity contribution in [2.75, 3.05) is 37.6 Å². The van der Waals surface area contributed by atoms with Gasteiger partial charge in [-0.05, 0) is 12.5 Å². The Morgan fingerprint density at radius 1 is 1.22 bits per heavy atom. The van der Waals surface area contributed by atoms with Gasteiger partial charge in [0.15, 0.2) is 0 Å². The molecule has 1 aliphatic heterocycles. The van der Waals surface area contributed by atoms with Crippen LogP contribution in [0.1, 0.15) is 18.3 Å². The normalized spacial score (nSPS) is 14.8. The standard InChI is InChI=1S/C16H21N5OS/c1-2-17-15(22)20-8-10-21(11-9-20)16-18-14(19-23-16)12-13-6-4-3-5-7-13/h3-7H,2,8-12H2,1H3,(H,17,22). The molecule has 1 fully saturated rings. The molecule has 0 radical (unpaired) electrons. The van der Waals surface area contributed by atoms with Crippen LogP contribution < -0.4 is 10.2 Å². The van der Waals surface area contributed by atoms with Gasteiger partial charge in [-0.3, -0.25) is 0 Å². The first-order valence-electron chi connectivity index (χ1n) is 7.90. The van der Waals surface area contributed by atoms with E-state index in [0.29, 0.717) is 6.54 Å². The molecule has 2 aromatic rings. The third kappa shape index (κ3) is 3.98. The summed E-state index contributed by atoms with van der Waals surface area (Å²) in [5.74, 6) is 0.863. The fourth-order valence-corrected chi connectivity index (χ4v) is 3.32. The van der Waals surface area contributed by atoms with Crippen molar-refractivity contribution in [1.29, 1.82) is 0 Å². The molecule has 2 amide bonds. The molecule has 0 atom stereocenters. The molecule has 0 spiro atoms. The van der Waals surface area contributed by atoms with Crippen molar-refractivity contribution in [1.82, 2.24) is 19.6 Å². The number of benzene rings is 1. The largest absolute Gasteiger partial charge is 0.343 e. The second-order valence-electron chi connectivity index (χ2n) is 5.47. The highest BCUT2D eigenvalue weighted by molar-refractivity contribution is 7.09. The summed E-state index contributed by atoms with van der Waals surface area (Å²) in [5, 5.41) is 3.79. The van der Waals surface area contributed by atoms with Crippen LogP contribution in [0.5, 0.6) is 0 Å².